The van der Waals surface area contributed by atoms with Gasteiger partial charge in [-0.15, -0.1) is 0 Å². The van der Waals surface area contributed by atoms with E-state index in [9.17, 15) is 9.59 Å². The molecule has 1 N–H and O–H groups in total. The molecule has 1 aromatic heterocycles. The van der Waals surface area contributed by atoms with Crippen LogP contribution in [0.4, 0.5) is 0 Å². The summed E-state index contributed by atoms with van der Waals surface area (Å²) in [5.41, 5.74) is -0.497. The van der Waals surface area contributed by atoms with E-state index in [4.69, 9.17) is 46.9 Å². The zero-order chi connectivity index (χ0) is 21.3. The van der Waals surface area contributed by atoms with Crippen molar-refractivity contribution in [1.29, 1.82) is 0 Å². The summed E-state index contributed by atoms with van der Waals surface area (Å²) in [5.74, 6) is 0.690. The molecule has 0 amide bonds. The zero-order valence-electron chi connectivity index (χ0n) is 16.1. The van der Waals surface area contributed by atoms with Crippen LogP contribution in [0.5, 0.6) is 17.2 Å². The van der Waals surface area contributed by atoms with Crippen LogP contribution in [0.2, 0.25) is 10.0 Å². The van der Waals surface area contributed by atoms with Crippen LogP contribution in [-0.4, -0.2) is 51.1 Å². The van der Waals surface area contributed by atoms with Crippen LogP contribution in [0.1, 0.15) is 15.9 Å². The highest BCUT2D eigenvalue weighted by atomic mass is 35.5. The summed E-state index contributed by atoms with van der Waals surface area (Å²) in [5, 5.41) is 0.0725. The number of ether oxygens (including phenoxy) is 5. The molecule has 2 aromatic rings. The molecular formula is C20H19Cl2NO7. The van der Waals surface area contributed by atoms with E-state index in [-0.39, 0.29) is 59.1 Å². The third-order valence-corrected chi connectivity index (χ3v) is 5.78. The Kier molecular flexibility index (Phi) is 5.92. The van der Waals surface area contributed by atoms with Gasteiger partial charge in [0.25, 0.3) is 5.56 Å². The molecule has 1 saturated heterocycles. The van der Waals surface area contributed by atoms with E-state index >= 15 is 0 Å². The lowest BCUT2D eigenvalue weighted by Gasteiger charge is -2.33. The Hall–Kier alpha value is -2.26. The van der Waals surface area contributed by atoms with Gasteiger partial charge in [-0.05, 0) is 12.1 Å². The fraction of sp³-hybridized carbons (Fsp3) is 0.400. The fourth-order valence-electron chi connectivity index (χ4n) is 3.42. The molecular weight excluding hydrogens is 437 g/mol. The number of aromatic amines is 1. The molecule has 160 valence electrons. The highest BCUT2D eigenvalue weighted by molar-refractivity contribution is 6.36. The van der Waals surface area contributed by atoms with E-state index in [1.54, 1.807) is 12.1 Å². The van der Waals surface area contributed by atoms with Crippen LogP contribution in [0.15, 0.2) is 23.1 Å². The van der Waals surface area contributed by atoms with Crippen molar-refractivity contribution in [2.24, 2.45) is 5.41 Å². The highest BCUT2D eigenvalue weighted by Crippen LogP contribution is 2.44. The SMILES string of the molecule is COc1ccc(C(=O)Cc2c(Cl)c[nH]c(=O)c2Cl)c2c1OCC1(COCOC1)CO2. The second kappa shape index (κ2) is 8.47. The summed E-state index contributed by atoms with van der Waals surface area (Å²) in [6.45, 7) is 1.55. The summed E-state index contributed by atoms with van der Waals surface area (Å²) >= 11 is 12.2. The number of nitrogens with one attached hydrogen (secondary N) is 1. The van der Waals surface area contributed by atoms with Gasteiger partial charge in [0.2, 0.25) is 5.75 Å². The van der Waals surface area contributed by atoms with E-state index in [1.807, 2.05) is 0 Å². The van der Waals surface area contributed by atoms with Gasteiger partial charge < -0.3 is 28.7 Å². The topological polar surface area (TPSA) is 96.1 Å². The molecule has 0 radical (unpaired) electrons. The molecule has 1 spiro atoms. The molecule has 0 saturated carbocycles. The smallest absolute Gasteiger partial charge is 0.267 e. The van der Waals surface area contributed by atoms with Gasteiger partial charge in [0.05, 0.1) is 36.3 Å². The number of carbonyl (C=O) groups is 1. The summed E-state index contributed by atoms with van der Waals surface area (Å²) < 4.78 is 28.3. The summed E-state index contributed by atoms with van der Waals surface area (Å²) in [6.07, 6.45) is 1.13. The number of halogens is 2. The molecule has 1 aromatic carbocycles. The molecule has 2 aliphatic rings. The molecule has 1 fully saturated rings. The lowest BCUT2D eigenvalue weighted by Crippen LogP contribution is -2.45. The summed E-state index contributed by atoms with van der Waals surface area (Å²) in [4.78, 5) is 27.3. The van der Waals surface area contributed by atoms with E-state index in [0.717, 1.165) is 0 Å². The van der Waals surface area contributed by atoms with Gasteiger partial charge in [0, 0.05) is 18.2 Å². The Morgan fingerprint density at radius 1 is 1.13 bits per heavy atom. The van der Waals surface area contributed by atoms with Crippen molar-refractivity contribution in [3.63, 3.8) is 0 Å². The quantitative estimate of drug-likeness (QED) is 0.707. The van der Waals surface area contributed by atoms with E-state index in [1.165, 1.54) is 13.3 Å². The number of carbonyl (C=O) groups excluding carboxylic acids is 1. The monoisotopic (exact) mass is 455 g/mol. The van der Waals surface area contributed by atoms with Crippen LogP contribution < -0.4 is 19.8 Å². The van der Waals surface area contributed by atoms with E-state index in [2.05, 4.69) is 4.98 Å². The van der Waals surface area contributed by atoms with Crippen molar-refractivity contribution in [3.8, 4) is 17.2 Å². The average Bonchev–Trinajstić information content (AvgIpc) is 2.94. The van der Waals surface area contributed by atoms with Crippen molar-refractivity contribution in [2.45, 2.75) is 6.42 Å². The van der Waals surface area contributed by atoms with Crippen molar-refractivity contribution in [1.82, 2.24) is 4.98 Å². The van der Waals surface area contributed by atoms with Crippen molar-refractivity contribution < 1.29 is 28.5 Å². The minimum Gasteiger partial charge on any atom is -0.493 e. The van der Waals surface area contributed by atoms with Gasteiger partial charge >= 0.3 is 0 Å². The molecule has 8 nitrogen and oxygen atoms in total. The normalized spacial score (nSPS) is 17.4. The first kappa shape index (κ1) is 21.0. The zero-order valence-corrected chi connectivity index (χ0v) is 17.6. The van der Waals surface area contributed by atoms with Crippen LogP contribution in [0.3, 0.4) is 0 Å². The largest absolute Gasteiger partial charge is 0.493 e. The molecule has 0 bridgehead atoms. The van der Waals surface area contributed by atoms with Crippen LogP contribution in [-0.2, 0) is 15.9 Å². The van der Waals surface area contributed by atoms with Crippen molar-refractivity contribution in [2.75, 3.05) is 40.3 Å². The fourth-order valence-corrected chi connectivity index (χ4v) is 3.91. The van der Waals surface area contributed by atoms with Gasteiger partial charge in [0.15, 0.2) is 17.3 Å². The molecule has 30 heavy (non-hydrogen) atoms. The van der Waals surface area contributed by atoms with E-state index in [0.29, 0.717) is 24.7 Å². The number of fused-ring (bicyclic) bond motifs is 1. The van der Waals surface area contributed by atoms with Crippen molar-refractivity contribution in [3.05, 3.63) is 49.9 Å². The Labute approximate surface area is 181 Å². The number of hydrogen-bond acceptors (Lipinski definition) is 7. The molecule has 0 atom stereocenters. The number of methoxy groups -OCH3 is 1. The van der Waals surface area contributed by atoms with Gasteiger partial charge in [0.1, 0.15) is 25.0 Å². The number of benzene rings is 1. The van der Waals surface area contributed by atoms with Crippen molar-refractivity contribution >= 4 is 29.0 Å². The Morgan fingerprint density at radius 2 is 1.83 bits per heavy atom. The summed E-state index contributed by atoms with van der Waals surface area (Å²) in [6, 6.07) is 3.21. The minimum absolute atomic E-state index is 0.122. The predicted octanol–water partition coefficient (Wildman–Crippen LogP) is 2.88. The van der Waals surface area contributed by atoms with Crippen LogP contribution >= 0.6 is 23.2 Å². The molecule has 3 heterocycles. The molecule has 0 aliphatic carbocycles. The number of pyridine rings is 1. The van der Waals surface area contributed by atoms with Gasteiger partial charge in [-0.25, -0.2) is 0 Å². The third-order valence-electron chi connectivity index (χ3n) is 5.04. The molecule has 10 heteroatoms. The Balaban J connectivity index is 1.68. The number of hydrogen-bond donors (Lipinski definition) is 1. The van der Waals surface area contributed by atoms with Gasteiger partial charge in [-0.3, -0.25) is 9.59 Å². The standard InChI is InChI=1S/C20H19Cl2NO7/c1-26-15-3-2-11(14(24)4-12-13(21)5-23-19(25)16(12)22)17-18(15)30-9-20(8-29-17)6-27-10-28-7-20/h2-3,5H,4,6-10H2,1H3,(H,23,25). The number of Topliss-reactive ketones (excluding diaryl/α,β-unsaturated/α-hetero) is 1. The third kappa shape index (κ3) is 3.88. The highest BCUT2D eigenvalue weighted by Gasteiger charge is 2.40. The Morgan fingerprint density at radius 3 is 2.53 bits per heavy atom. The first-order valence-corrected chi connectivity index (χ1v) is 9.90. The first-order chi connectivity index (χ1) is 14.4. The number of H-pyrrole nitrogens is 1. The first-order valence-electron chi connectivity index (χ1n) is 9.15. The van der Waals surface area contributed by atoms with Gasteiger partial charge in [-0.1, -0.05) is 23.2 Å². The second-order valence-electron chi connectivity index (χ2n) is 7.22. The number of aromatic nitrogens is 1. The molecule has 0 unspecified atom stereocenters. The second-order valence-corrected chi connectivity index (χ2v) is 8.01. The lowest BCUT2D eigenvalue weighted by molar-refractivity contribution is -0.179. The Bertz CT molecular complexity index is 1030. The summed E-state index contributed by atoms with van der Waals surface area (Å²) in [7, 11) is 1.50. The average molecular weight is 456 g/mol. The van der Waals surface area contributed by atoms with Crippen LogP contribution in [0, 0.1) is 5.41 Å². The predicted molar refractivity (Wildman–Crippen MR) is 108 cm³/mol. The number of ketones is 1. The molecule has 2 aliphatic heterocycles. The maximum absolute atomic E-state index is 13.1. The number of rotatable bonds is 4. The van der Waals surface area contributed by atoms with Gasteiger partial charge in [-0.2, -0.15) is 0 Å². The maximum Gasteiger partial charge on any atom is 0.267 e. The lowest BCUT2D eigenvalue weighted by atomic mass is 9.92. The molecule has 4 rings (SSSR count). The van der Waals surface area contributed by atoms with E-state index < -0.39 is 11.0 Å². The minimum atomic E-state index is -0.517. The van der Waals surface area contributed by atoms with Crippen LogP contribution in [0.25, 0.3) is 0 Å². The maximum atomic E-state index is 13.1.